The van der Waals surface area contributed by atoms with Crippen LogP contribution >= 0.6 is 0 Å². The summed E-state index contributed by atoms with van der Waals surface area (Å²) in [7, 11) is 0. The van der Waals surface area contributed by atoms with E-state index in [1.54, 1.807) is 0 Å². The van der Waals surface area contributed by atoms with Crippen molar-refractivity contribution < 1.29 is 14.0 Å². The predicted molar refractivity (Wildman–Crippen MR) is 121 cm³/mol. The quantitative estimate of drug-likeness (QED) is 0.611. The first-order valence-electron chi connectivity index (χ1n) is 10.8. The van der Waals surface area contributed by atoms with Gasteiger partial charge in [0, 0.05) is 48.7 Å². The van der Waals surface area contributed by atoms with Gasteiger partial charge < -0.3 is 14.6 Å². The summed E-state index contributed by atoms with van der Waals surface area (Å²) < 4.78 is 6.06. The molecule has 1 aliphatic heterocycles. The topological polar surface area (TPSA) is 62.6 Å². The van der Waals surface area contributed by atoms with Gasteiger partial charge in [0.25, 0.3) is 0 Å². The van der Waals surface area contributed by atoms with Crippen LogP contribution in [0.15, 0.2) is 65.1 Å². The number of carbonyl (C=O) groups excluding carboxylic acids is 2. The number of hydrogen-bond acceptors (Lipinski definition) is 3. The van der Waals surface area contributed by atoms with Gasteiger partial charge in [0.1, 0.15) is 11.5 Å². The average molecular weight is 417 g/mol. The van der Waals surface area contributed by atoms with Gasteiger partial charge in [-0.3, -0.25) is 9.59 Å². The molecule has 0 saturated carbocycles. The number of benzene rings is 2. The normalized spacial score (nSPS) is 13.2. The van der Waals surface area contributed by atoms with E-state index in [1.165, 1.54) is 0 Å². The Hall–Kier alpha value is -3.34. The highest BCUT2D eigenvalue weighted by Crippen LogP contribution is 2.30. The van der Waals surface area contributed by atoms with Crippen molar-refractivity contribution >= 4 is 17.5 Å². The molecule has 0 bridgehead atoms. The van der Waals surface area contributed by atoms with Crippen LogP contribution in [0.25, 0.3) is 11.3 Å². The number of anilines is 1. The largest absolute Gasteiger partial charge is 0.461 e. The van der Waals surface area contributed by atoms with E-state index in [2.05, 4.69) is 5.32 Å². The molecule has 0 saturated heterocycles. The second-order valence-electron chi connectivity index (χ2n) is 8.33. The monoisotopic (exact) mass is 416 g/mol. The van der Waals surface area contributed by atoms with Crippen LogP contribution in [0.5, 0.6) is 0 Å². The number of fused-ring (bicyclic) bond motifs is 1. The molecule has 0 radical (unpaired) electrons. The summed E-state index contributed by atoms with van der Waals surface area (Å²) in [6.45, 7) is 5.16. The van der Waals surface area contributed by atoms with Crippen molar-refractivity contribution in [2.24, 2.45) is 5.92 Å². The van der Waals surface area contributed by atoms with Crippen LogP contribution in [0.1, 0.15) is 37.2 Å². The molecule has 0 aliphatic carbocycles. The van der Waals surface area contributed by atoms with Gasteiger partial charge >= 0.3 is 0 Å². The summed E-state index contributed by atoms with van der Waals surface area (Å²) in [4.78, 5) is 26.4. The van der Waals surface area contributed by atoms with E-state index in [0.29, 0.717) is 19.5 Å². The first-order chi connectivity index (χ1) is 15.0. The molecule has 5 heteroatoms. The maximum atomic E-state index is 12.3. The van der Waals surface area contributed by atoms with Crippen LogP contribution in [0.3, 0.4) is 0 Å². The van der Waals surface area contributed by atoms with E-state index in [0.717, 1.165) is 46.7 Å². The maximum absolute atomic E-state index is 12.3. The van der Waals surface area contributed by atoms with Gasteiger partial charge in [-0.05, 0) is 42.3 Å². The fourth-order valence-corrected chi connectivity index (χ4v) is 3.87. The molecule has 0 spiro atoms. The second kappa shape index (κ2) is 9.21. The molecule has 2 aromatic carbocycles. The molecule has 0 fully saturated rings. The van der Waals surface area contributed by atoms with E-state index in [-0.39, 0.29) is 17.7 Å². The van der Waals surface area contributed by atoms with Crippen LogP contribution in [-0.4, -0.2) is 23.3 Å². The molecular formula is C26H28N2O3. The zero-order chi connectivity index (χ0) is 21.8. The molecule has 4 rings (SSSR count). The highest BCUT2D eigenvalue weighted by Gasteiger charge is 2.25. The highest BCUT2D eigenvalue weighted by atomic mass is 16.3. The van der Waals surface area contributed by atoms with Gasteiger partial charge in [-0.15, -0.1) is 0 Å². The van der Waals surface area contributed by atoms with Crippen molar-refractivity contribution in [3.63, 3.8) is 0 Å². The molecule has 2 amide bonds. The summed E-state index contributed by atoms with van der Waals surface area (Å²) in [5, 5.41) is 2.95. The van der Waals surface area contributed by atoms with Crippen LogP contribution in [0, 0.1) is 5.92 Å². The van der Waals surface area contributed by atoms with E-state index in [1.807, 2.05) is 79.4 Å². The number of nitrogens with zero attached hydrogens (tertiary/aromatic N) is 1. The summed E-state index contributed by atoms with van der Waals surface area (Å²) >= 11 is 0. The van der Waals surface area contributed by atoms with E-state index < -0.39 is 0 Å². The summed E-state index contributed by atoms with van der Waals surface area (Å²) in [5.41, 5.74) is 3.96. The summed E-state index contributed by atoms with van der Waals surface area (Å²) in [6, 6.07) is 19.7. The predicted octanol–water partition coefficient (Wildman–Crippen LogP) is 5.06. The lowest BCUT2D eigenvalue weighted by Crippen LogP contribution is -2.37. The van der Waals surface area contributed by atoms with Gasteiger partial charge in [0.15, 0.2) is 0 Å². The number of rotatable bonds is 6. The first kappa shape index (κ1) is 20.9. The van der Waals surface area contributed by atoms with Crippen LogP contribution in [0.4, 0.5) is 5.69 Å². The van der Waals surface area contributed by atoms with Crippen molar-refractivity contribution in [3.8, 4) is 11.3 Å². The molecule has 2 heterocycles. The number of carbonyl (C=O) groups is 2. The number of aryl methyl sites for hydroxylation is 1. The Morgan fingerprint density at radius 2 is 1.81 bits per heavy atom. The third-order valence-electron chi connectivity index (χ3n) is 5.61. The van der Waals surface area contributed by atoms with Crippen molar-refractivity contribution in [3.05, 3.63) is 77.6 Å². The molecule has 0 unspecified atom stereocenters. The average Bonchev–Trinajstić information content (AvgIpc) is 3.21. The number of amides is 2. The zero-order valence-electron chi connectivity index (χ0n) is 18.1. The number of furan rings is 1. The molecule has 0 atom stereocenters. The highest BCUT2D eigenvalue weighted by molar-refractivity contribution is 5.91. The lowest BCUT2D eigenvalue weighted by molar-refractivity contribution is -0.135. The Bertz CT molecular complexity index is 1050. The van der Waals surface area contributed by atoms with Crippen molar-refractivity contribution in [1.82, 2.24) is 4.90 Å². The minimum Gasteiger partial charge on any atom is -0.461 e. The Balaban J connectivity index is 1.37. The first-order valence-corrected chi connectivity index (χ1v) is 10.8. The Labute approximate surface area is 183 Å². The van der Waals surface area contributed by atoms with Crippen molar-refractivity contribution in [2.75, 3.05) is 11.9 Å². The third kappa shape index (κ3) is 5.05. The Morgan fingerprint density at radius 1 is 1.06 bits per heavy atom. The second-order valence-corrected chi connectivity index (χ2v) is 8.33. The van der Waals surface area contributed by atoms with Crippen molar-refractivity contribution in [1.29, 1.82) is 0 Å². The Kier molecular flexibility index (Phi) is 6.21. The SMILES string of the molecule is CC(C)C(=O)N1CCc2oc(-c3ccc(NC(=O)CCc4ccccc4)cc3)cc2C1. The lowest BCUT2D eigenvalue weighted by atomic mass is 10.1. The third-order valence-corrected chi connectivity index (χ3v) is 5.61. The van der Waals surface area contributed by atoms with Crippen molar-refractivity contribution in [2.45, 2.75) is 39.7 Å². The van der Waals surface area contributed by atoms with Gasteiger partial charge in [0.2, 0.25) is 11.8 Å². The fraction of sp³-hybridized carbons (Fsp3) is 0.308. The molecule has 160 valence electrons. The van der Waals surface area contributed by atoms with Gasteiger partial charge in [0.05, 0.1) is 0 Å². The Morgan fingerprint density at radius 3 is 2.52 bits per heavy atom. The molecule has 1 aliphatic rings. The minimum absolute atomic E-state index is 0.0000215. The number of hydrogen-bond donors (Lipinski definition) is 1. The lowest BCUT2D eigenvalue weighted by Gasteiger charge is -2.27. The summed E-state index contributed by atoms with van der Waals surface area (Å²) in [5.74, 6) is 1.94. The molecule has 3 aromatic rings. The molecule has 1 N–H and O–H groups in total. The van der Waals surface area contributed by atoms with Crippen LogP contribution in [0.2, 0.25) is 0 Å². The van der Waals surface area contributed by atoms with E-state index in [4.69, 9.17) is 4.42 Å². The molecule has 1 aromatic heterocycles. The van der Waals surface area contributed by atoms with Gasteiger partial charge in [-0.1, -0.05) is 44.2 Å². The van der Waals surface area contributed by atoms with Crippen LogP contribution in [-0.2, 0) is 29.0 Å². The minimum atomic E-state index is -0.0000215. The zero-order valence-corrected chi connectivity index (χ0v) is 18.1. The standard InChI is InChI=1S/C26H28N2O3/c1-18(2)26(30)28-15-14-23-21(17-28)16-24(31-23)20-9-11-22(12-10-20)27-25(29)13-8-19-6-4-3-5-7-19/h3-7,9-12,16,18H,8,13-15,17H2,1-2H3,(H,27,29). The van der Waals surface area contributed by atoms with Gasteiger partial charge in [-0.25, -0.2) is 0 Å². The van der Waals surface area contributed by atoms with E-state index >= 15 is 0 Å². The maximum Gasteiger partial charge on any atom is 0.225 e. The fourth-order valence-electron chi connectivity index (χ4n) is 3.87. The summed E-state index contributed by atoms with van der Waals surface area (Å²) in [6.07, 6.45) is 1.91. The molecule has 5 nitrogen and oxygen atoms in total. The van der Waals surface area contributed by atoms with E-state index in [9.17, 15) is 9.59 Å². The smallest absolute Gasteiger partial charge is 0.225 e. The number of nitrogens with one attached hydrogen (secondary N) is 1. The molecular weight excluding hydrogens is 388 g/mol. The van der Waals surface area contributed by atoms with Crippen LogP contribution < -0.4 is 5.32 Å². The van der Waals surface area contributed by atoms with Gasteiger partial charge in [-0.2, -0.15) is 0 Å². The molecule has 31 heavy (non-hydrogen) atoms.